The van der Waals surface area contributed by atoms with E-state index >= 15 is 0 Å². The van der Waals surface area contributed by atoms with Gasteiger partial charge in [-0.3, -0.25) is 0 Å². The zero-order chi connectivity index (χ0) is 20.6. The number of carbonyl (C=O) groups is 1. The third-order valence-electron chi connectivity index (χ3n) is 5.12. The van der Waals surface area contributed by atoms with E-state index in [2.05, 4.69) is 15.3 Å². The largest absolute Gasteiger partial charge is 0.449 e. The first-order valence-corrected chi connectivity index (χ1v) is 9.35. The number of pyridine rings is 1. The number of imidazole rings is 1. The van der Waals surface area contributed by atoms with Crippen LogP contribution in [0.3, 0.4) is 0 Å². The van der Waals surface area contributed by atoms with E-state index in [1.807, 2.05) is 31.2 Å². The van der Waals surface area contributed by atoms with Crippen molar-refractivity contribution in [2.75, 3.05) is 18.4 Å². The van der Waals surface area contributed by atoms with Gasteiger partial charge in [-0.15, -0.1) is 0 Å². The zero-order valence-electron chi connectivity index (χ0n) is 15.8. The molecular formula is C20H20F3N5O. The normalized spacial score (nSPS) is 15.7. The van der Waals surface area contributed by atoms with Gasteiger partial charge in [-0.1, -0.05) is 17.7 Å². The Morgan fingerprint density at radius 3 is 2.48 bits per heavy atom. The average molecular weight is 403 g/mol. The van der Waals surface area contributed by atoms with E-state index in [0.29, 0.717) is 31.6 Å². The van der Waals surface area contributed by atoms with Gasteiger partial charge in [0.15, 0.2) is 5.65 Å². The number of halogens is 3. The molecule has 29 heavy (non-hydrogen) atoms. The zero-order valence-corrected chi connectivity index (χ0v) is 15.8. The van der Waals surface area contributed by atoms with Gasteiger partial charge in [-0.05, 0) is 44.0 Å². The summed E-state index contributed by atoms with van der Waals surface area (Å²) in [5, 5.41) is 2.83. The van der Waals surface area contributed by atoms with E-state index < -0.39 is 18.0 Å². The molecule has 0 saturated carbocycles. The van der Waals surface area contributed by atoms with Gasteiger partial charge in [0.05, 0.1) is 0 Å². The second-order valence-corrected chi connectivity index (χ2v) is 7.16. The molecule has 0 aliphatic carbocycles. The number of nitrogens with zero attached hydrogens (tertiary/aromatic N) is 4. The number of benzene rings is 1. The van der Waals surface area contributed by atoms with Crippen LogP contribution in [0.2, 0.25) is 0 Å². The summed E-state index contributed by atoms with van der Waals surface area (Å²) >= 11 is 0. The van der Waals surface area contributed by atoms with Crippen LogP contribution in [-0.4, -0.2) is 38.6 Å². The van der Waals surface area contributed by atoms with Crippen LogP contribution in [0.15, 0.2) is 42.6 Å². The van der Waals surface area contributed by atoms with Crippen molar-refractivity contribution in [2.45, 2.75) is 32.0 Å². The van der Waals surface area contributed by atoms with E-state index in [1.165, 1.54) is 16.8 Å². The number of likely N-dealkylation sites (tertiary alicyclic amines) is 1. The third kappa shape index (κ3) is 3.90. The average Bonchev–Trinajstić information content (AvgIpc) is 3.10. The first-order valence-electron chi connectivity index (χ1n) is 9.35. The Bertz CT molecular complexity index is 1020. The number of urea groups is 1. The molecule has 0 spiro atoms. The van der Waals surface area contributed by atoms with Crippen LogP contribution in [0.5, 0.6) is 0 Å². The molecule has 1 aliphatic heterocycles. The molecule has 9 heteroatoms. The number of amides is 2. The first kappa shape index (κ1) is 19.2. The number of anilines is 1. The van der Waals surface area contributed by atoms with Crippen molar-refractivity contribution in [3.05, 3.63) is 54.0 Å². The molecule has 2 amide bonds. The van der Waals surface area contributed by atoms with Crippen LogP contribution in [0.4, 0.5) is 23.7 Å². The molecule has 1 saturated heterocycles. The molecule has 1 fully saturated rings. The van der Waals surface area contributed by atoms with Crippen LogP contribution in [0.25, 0.3) is 11.2 Å². The fraction of sp³-hybridized carbons (Fsp3) is 0.350. The predicted octanol–water partition coefficient (Wildman–Crippen LogP) is 4.63. The molecule has 1 aromatic carbocycles. The van der Waals surface area contributed by atoms with Gasteiger partial charge in [0.25, 0.3) is 0 Å². The van der Waals surface area contributed by atoms with Gasteiger partial charge in [0.1, 0.15) is 5.52 Å². The highest BCUT2D eigenvalue weighted by Gasteiger charge is 2.40. The highest BCUT2D eigenvalue weighted by molar-refractivity contribution is 5.89. The van der Waals surface area contributed by atoms with Crippen LogP contribution in [0, 0.1) is 6.92 Å². The van der Waals surface area contributed by atoms with Gasteiger partial charge >= 0.3 is 12.2 Å². The molecule has 3 aromatic rings. The highest BCUT2D eigenvalue weighted by atomic mass is 19.4. The fourth-order valence-electron chi connectivity index (χ4n) is 3.64. The molecule has 0 radical (unpaired) electrons. The molecule has 152 valence electrons. The van der Waals surface area contributed by atoms with Crippen molar-refractivity contribution in [1.82, 2.24) is 19.4 Å². The van der Waals surface area contributed by atoms with Crippen molar-refractivity contribution < 1.29 is 18.0 Å². The summed E-state index contributed by atoms with van der Waals surface area (Å²) in [5.74, 6) is -0.936. The standard InChI is InChI=1S/C20H20F3N5O/c1-13-4-6-14(7-5-13)25-19(29)27-11-8-15(9-12-27)28-17-16(3-2-10-24-17)26-18(28)20(21,22)23/h2-7,10,15H,8-9,11-12H2,1H3,(H,25,29). The van der Waals surface area contributed by atoms with Crippen molar-refractivity contribution >= 4 is 22.9 Å². The first-order chi connectivity index (χ1) is 13.8. The number of rotatable bonds is 2. The van der Waals surface area contributed by atoms with E-state index in [9.17, 15) is 18.0 Å². The number of hydrogen-bond acceptors (Lipinski definition) is 3. The van der Waals surface area contributed by atoms with E-state index in [1.54, 1.807) is 11.0 Å². The lowest BCUT2D eigenvalue weighted by atomic mass is 10.0. The van der Waals surface area contributed by atoms with Crippen molar-refractivity contribution in [3.8, 4) is 0 Å². The molecular weight excluding hydrogens is 383 g/mol. The van der Waals surface area contributed by atoms with E-state index in [4.69, 9.17) is 0 Å². The van der Waals surface area contributed by atoms with E-state index in [0.717, 1.165) is 5.56 Å². The molecule has 0 atom stereocenters. The second-order valence-electron chi connectivity index (χ2n) is 7.16. The summed E-state index contributed by atoms with van der Waals surface area (Å²) < 4.78 is 41.8. The molecule has 2 aromatic heterocycles. The summed E-state index contributed by atoms with van der Waals surface area (Å²) in [5.41, 5.74) is 2.22. The van der Waals surface area contributed by atoms with Gasteiger partial charge in [-0.25, -0.2) is 14.8 Å². The molecule has 3 heterocycles. The molecule has 0 unspecified atom stereocenters. The second kappa shape index (κ2) is 7.38. The smallest absolute Gasteiger partial charge is 0.324 e. The van der Waals surface area contributed by atoms with Crippen LogP contribution >= 0.6 is 0 Å². The predicted molar refractivity (Wildman–Crippen MR) is 103 cm³/mol. The number of alkyl halides is 3. The summed E-state index contributed by atoms with van der Waals surface area (Å²) in [6.45, 7) is 2.67. The van der Waals surface area contributed by atoms with Crippen molar-refractivity contribution in [3.63, 3.8) is 0 Å². The minimum atomic E-state index is -4.57. The van der Waals surface area contributed by atoms with E-state index in [-0.39, 0.29) is 17.2 Å². The molecule has 0 bridgehead atoms. The van der Waals surface area contributed by atoms with Gasteiger partial charge < -0.3 is 14.8 Å². The van der Waals surface area contributed by atoms with Gasteiger partial charge in [0, 0.05) is 31.0 Å². The highest BCUT2D eigenvalue weighted by Crippen LogP contribution is 2.36. The number of hydrogen-bond donors (Lipinski definition) is 1. The number of carbonyl (C=O) groups excluding carboxylic acids is 1. The number of fused-ring (bicyclic) bond motifs is 1. The quantitative estimate of drug-likeness (QED) is 0.679. The Morgan fingerprint density at radius 2 is 1.83 bits per heavy atom. The van der Waals surface area contributed by atoms with Crippen LogP contribution in [0.1, 0.15) is 30.3 Å². The summed E-state index contributed by atoms with van der Waals surface area (Å²) in [6.07, 6.45) is -2.32. The number of aryl methyl sites for hydroxylation is 1. The maximum atomic E-state index is 13.5. The lowest BCUT2D eigenvalue weighted by Crippen LogP contribution is -2.41. The minimum Gasteiger partial charge on any atom is -0.324 e. The minimum absolute atomic E-state index is 0.222. The maximum Gasteiger partial charge on any atom is 0.449 e. The van der Waals surface area contributed by atoms with Crippen molar-refractivity contribution in [1.29, 1.82) is 0 Å². The Balaban J connectivity index is 1.50. The number of aromatic nitrogens is 3. The van der Waals surface area contributed by atoms with Crippen LogP contribution in [-0.2, 0) is 6.18 Å². The Kier molecular flexibility index (Phi) is 4.89. The molecule has 1 aliphatic rings. The molecule has 1 N–H and O–H groups in total. The number of piperidine rings is 1. The van der Waals surface area contributed by atoms with Gasteiger partial charge in [-0.2, -0.15) is 13.2 Å². The lowest BCUT2D eigenvalue weighted by Gasteiger charge is -2.33. The maximum absolute atomic E-state index is 13.5. The summed E-state index contributed by atoms with van der Waals surface area (Å²) in [6, 6.07) is 9.86. The lowest BCUT2D eigenvalue weighted by molar-refractivity contribution is -0.147. The molecule has 6 nitrogen and oxygen atoms in total. The monoisotopic (exact) mass is 403 g/mol. The Morgan fingerprint density at radius 1 is 1.14 bits per heavy atom. The van der Waals surface area contributed by atoms with Crippen molar-refractivity contribution in [2.24, 2.45) is 0 Å². The van der Waals surface area contributed by atoms with Gasteiger partial charge in [0.2, 0.25) is 5.82 Å². The third-order valence-corrected chi connectivity index (χ3v) is 5.12. The Labute approximate surface area is 165 Å². The summed E-state index contributed by atoms with van der Waals surface area (Å²) in [7, 11) is 0. The fourth-order valence-corrected chi connectivity index (χ4v) is 3.64. The number of nitrogens with one attached hydrogen (secondary N) is 1. The molecule has 4 rings (SSSR count). The SMILES string of the molecule is Cc1ccc(NC(=O)N2CCC(n3c(C(F)(F)F)nc4cccnc43)CC2)cc1. The summed E-state index contributed by atoms with van der Waals surface area (Å²) in [4.78, 5) is 22.0. The van der Waals surface area contributed by atoms with Crippen LogP contribution < -0.4 is 5.32 Å². The topological polar surface area (TPSA) is 63.1 Å². The Hall–Kier alpha value is -3.10.